The van der Waals surface area contributed by atoms with Gasteiger partial charge in [-0.2, -0.15) is 0 Å². The first-order valence-corrected chi connectivity index (χ1v) is 12.1. The molecule has 0 spiro atoms. The van der Waals surface area contributed by atoms with E-state index in [-0.39, 0.29) is 36.5 Å². The summed E-state index contributed by atoms with van der Waals surface area (Å²) in [5.41, 5.74) is 8.36. The Bertz CT molecular complexity index is 967. The highest BCUT2D eigenvalue weighted by Gasteiger charge is 2.32. The predicted octanol–water partition coefficient (Wildman–Crippen LogP) is 4.78. The normalized spacial score (nSPS) is 22.3. The Hall–Kier alpha value is -2.15. The Morgan fingerprint density at radius 1 is 1.15 bits per heavy atom. The smallest absolute Gasteiger partial charge is 0.260 e. The Labute approximate surface area is 200 Å². The topological polar surface area (TPSA) is 58.8 Å². The van der Waals surface area contributed by atoms with Gasteiger partial charge in [-0.15, -0.1) is 0 Å². The summed E-state index contributed by atoms with van der Waals surface area (Å²) in [6.07, 6.45) is 3.37. The van der Waals surface area contributed by atoms with Crippen LogP contribution in [-0.2, 0) is 11.3 Å². The first-order chi connectivity index (χ1) is 15.8. The van der Waals surface area contributed by atoms with Crippen molar-refractivity contribution in [3.05, 3.63) is 64.4 Å². The van der Waals surface area contributed by atoms with E-state index in [0.29, 0.717) is 23.2 Å². The van der Waals surface area contributed by atoms with Crippen LogP contribution in [0.1, 0.15) is 50.3 Å². The van der Waals surface area contributed by atoms with Crippen molar-refractivity contribution in [2.45, 2.75) is 57.8 Å². The standard InChI is InChI=1S/C26H33ClFN3O2/c1-17-14-31(18(2)13-30(17)15-20-5-8-22(28)9-6-20)26(32)16-33-25-10-7-21(27)12-23(25)24(29)11-19-3-4-19/h5-10,12,17-19,24H,3-4,11,13-16,29H2,1-2H3/t17-,18+,24?/m0/s1. The fourth-order valence-electron chi connectivity index (χ4n) is 4.59. The van der Waals surface area contributed by atoms with Crippen LogP contribution in [-0.4, -0.2) is 47.5 Å². The molecular weight excluding hydrogens is 441 g/mol. The van der Waals surface area contributed by atoms with Crippen molar-refractivity contribution in [1.82, 2.24) is 9.80 Å². The maximum atomic E-state index is 13.2. The molecule has 0 aromatic heterocycles. The molecule has 1 aliphatic heterocycles. The number of rotatable bonds is 8. The number of halogens is 2. The number of benzene rings is 2. The van der Waals surface area contributed by atoms with Crippen LogP contribution in [0.2, 0.25) is 5.02 Å². The largest absolute Gasteiger partial charge is 0.483 e. The van der Waals surface area contributed by atoms with Crippen molar-refractivity contribution in [2.24, 2.45) is 11.7 Å². The molecule has 1 amide bonds. The molecule has 178 valence electrons. The van der Waals surface area contributed by atoms with E-state index in [1.807, 2.05) is 29.2 Å². The number of hydrogen-bond donors (Lipinski definition) is 1. The summed E-state index contributed by atoms with van der Waals surface area (Å²) in [4.78, 5) is 17.3. The van der Waals surface area contributed by atoms with E-state index in [1.54, 1.807) is 6.07 Å². The molecular formula is C26H33ClFN3O2. The number of hydrogen-bond acceptors (Lipinski definition) is 4. The summed E-state index contributed by atoms with van der Waals surface area (Å²) in [5.74, 6) is 1.05. The molecule has 5 nitrogen and oxygen atoms in total. The zero-order valence-electron chi connectivity index (χ0n) is 19.3. The number of nitrogens with two attached hydrogens (primary N) is 1. The third-order valence-corrected chi connectivity index (χ3v) is 6.98. The quantitative estimate of drug-likeness (QED) is 0.599. The highest BCUT2D eigenvalue weighted by molar-refractivity contribution is 6.30. The number of carbonyl (C=O) groups excluding carboxylic acids is 1. The van der Waals surface area contributed by atoms with Crippen LogP contribution in [0.25, 0.3) is 0 Å². The molecule has 1 heterocycles. The van der Waals surface area contributed by atoms with Crippen molar-refractivity contribution in [1.29, 1.82) is 0 Å². The van der Waals surface area contributed by atoms with Gasteiger partial charge in [0.15, 0.2) is 6.61 Å². The second-order valence-electron chi connectivity index (χ2n) is 9.56. The molecule has 4 rings (SSSR count). The maximum Gasteiger partial charge on any atom is 0.260 e. The summed E-state index contributed by atoms with van der Waals surface area (Å²) in [6, 6.07) is 12.1. The molecule has 2 N–H and O–H groups in total. The second kappa shape index (κ2) is 10.4. The molecule has 1 saturated carbocycles. The number of piperazine rings is 1. The van der Waals surface area contributed by atoms with Gasteiger partial charge in [0.2, 0.25) is 0 Å². The van der Waals surface area contributed by atoms with Crippen LogP contribution in [0.15, 0.2) is 42.5 Å². The molecule has 3 atom stereocenters. The van der Waals surface area contributed by atoms with E-state index in [0.717, 1.165) is 30.6 Å². The Morgan fingerprint density at radius 3 is 2.58 bits per heavy atom. The van der Waals surface area contributed by atoms with E-state index in [2.05, 4.69) is 18.7 Å². The molecule has 2 aromatic rings. The van der Waals surface area contributed by atoms with Crippen molar-refractivity contribution >= 4 is 17.5 Å². The lowest BCUT2D eigenvalue weighted by Crippen LogP contribution is -2.58. The van der Waals surface area contributed by atoms with Gasteiger partial charge >= 0.3 is 0 Å². The van der Waals surface area contributed by atoms with Gasteiger partial charge in [0.05, 0.1) is 0 Å². The van der Waals surface area contributed by atoms with Crippen LogP contribution in [0, 0.1) is 11.7 Å². The molecule has 0 bridgehead atoms. The first-order valence-electron chi connectivity index (χ1n) is 11.8. The lowest BCUT2D eigenvalue weighted by Gasteiger charge is -2.44. The lowest BCUT2D eigenvalue weighted by atomic mass is 10.0. The zero-order chi connectivity index (χ0) is 23.5. The molecule has 1 aliphatic carbocycles. The molecule has 2 fully saturated rings. The summed E-state index contributed by atoms with van der Waals surface area (Å²) in [6.45, 7) is 6.25. The van der Waals surface area contributed by atoms with Crippen molar-refractivity contribution in [3.63, 3.8) is 0 Å². The fourth-order valence-corrected chi connectivity index (χ4v) is 4.77. The average Bonchev–Trinajstić information content (AvgIpc) is 3.60. The zero-order valence-corrected chi connectivity index (χ0v) is 20.1. The van der Waals surface area contributed by atoms with Crippen molar-refractivity contribution < 1.29 is 13.9 Å². The highest BCUT2D eigenvalue weighted by atomic mass is 35.5. The van der Waals surface area contributed by atoms with Crippen molar-refractivity contribution in [3.8, 4) is 5.75 Å². The van der Waals surface area contributed by atoms with Crippen LogP contribution < -0.4 is 10.5 Å². The molecule has 1 saturated heterocycles. The van der Waals surface area contributed by atoms with Gasteiger partial charge in [0.25, 0.3) is 5.91 Å². The molecule has 33 heavy (non-hydrogen) atoms. The summed E-state index contributed by atoms with van der Waals surface area (Å²) in [5, 5.41) is 0.620. The van der Waals surface area contributed by atoms with E-state index < -0.39 is 0 Å². The van der Waals surface area contributed by atoms with Crippen LogP contribution in [0.5, 0.6) is 5.75 Å². The maximum absolute atomic E-state index is 13.2. The van der Waals surface area contributed by atoms with Gasteiger partial charge in [0.1, 0.15) is 11.6 Å². The number of amides is 1. The third kappa shape index (κ3) is 6.25. The van der Waals surface area contributed by atoms with Gasteiger partial charge in [-0.25, -0.2) is 4.39 Å². The number of carbonyl (C=O) groups is 1. The van der Waals surface area contributed by atoms with Crippen LogP contribution in [0.4, 0.5) is 4.39 Å². The summed E-state index contributed by atoms with van der Waals surface area (Å²) < 4.78 is 19.2. The molecule has 1 unspecified atom stereocenters. The molecule has 7 heteroatoms. The minimum absolute atomic E-state index is 0.0280. The Morgan fingerprint density at radius 2 is 1.88 bits per heavy atom. The predicted molar refractivity (Wildman–Crippen MR) is 129 cm³/mol. The SMILES string of the molecule is C[C@@H]1CN(Cc2ccc(F)cc2)[C@@H](C)CN1C(=O)COc1ccc(Cl)cc1C(N)CC1CC1. The van der Waals surface area contributed by atoms with E-state index in [4.69, 9.17) is 22.1 Å². The molecule has 0 radical (unpaired) electrons. The van der Waals surface area contributed by atoms with Gasteiger partial charge in [-0.05, 0) is 62.1 Å². The third-order valence-electron chi connectivity index (χ3n) is 6.74. The van der Waals surface area contributed by atoms with Gasteiger partial charge < -0.3 is 15.4 Å². The summed E-state index contributed by atoms with van der Waals surface area (Å²) >= 11 is 6.20. The second-order valence-corrected chi connectivity index (χ2v) is 9.99. The van der Waals surface area contributed by atoms with E-state index in [9.17, 15) is 9.18 Å². The van der Waals surface area contributed by atoms with Gasteiger partial charge in [0, 0.05) is 48.3 Å². The fraction of sp³-hybridized carbons (Fsp3) is 0.500. The minimum Gasteiger partial charge on any atom is -0.483 e. The minimum atomic E-state index is -0.229. The Balaban J connectivity index is 1.35. The average molecular weight is 474 g/mol. The van der Waals surface area contributed by atoms with Crippen LogP contribution in [0.3, 0.4) is 0 Å². The van der Waals surface area contributed by atoms with Gasteiger partial charge in [-0.1, -0.05) is 36.6 Å². The summed E-state index contributed by atoms with van der Waals surface area (Å²) in [7, 11) is 0. The first kappa shape index (κ1) is 24.0. The lowest BCUT2D eigenvalue weighted by molar-refractivity contribution is -0.139. The van der Waals surface area contributed by atoms with Crippen molar-refractivity contribution in [2.75, 3.05) is 19.7 Å². The van der Waals surface area contributed by atoms with Crippen LogP contribution >= 0.6 is 11.6 Å². The molecule has 2 aliphatic rings. The molecule has 2 aromatic carbocycles. The number of nitrogens with zero attached hydrogens (tertiary/aromatic N) is 2. The van der Waals surface area contributed by atoms with E-state index in [1.165, 1.54) is 25.0 Å². The highest BCUT2D eigenvalue weighted by Crippen LogP contribution is 2.39. The number of ether oxygens (including phenoxy) is 1. The Kier molecular flexibility index (Phi) is 7.57. The van der Waals surface area contributed by atoms with E-state index >= 15 is 0 Å². The monoisotopic (exact) mass is 473 g/mol. The van der Waals surface area contributed by atoms with Gasteiger partial charge in [-0.3, -0.25) is 9.69 Å².